The number of hydrogen-bond acceptors (Lipinski definition) is 3. The van der Waals surface area contributed by atoms with Crippen LogP contribution in [0.3, 0.4) is 0 Å². The fourth-order valence-corrected chi connectivity index (χ4v) is 1.47. The largest absolute Gasteiger partial charge is 0.332 e. The number of aryl methyl sites for hydroxylation is 2. The maximum atomic E-state index is 11.7. The molecule has 2 heterocycles. The van der Waals surface area contributed by atoms with Crippen LogP contribution >= 0.6 is 0 Å². The fourth-order valence-electron chi connectivity index (χ4n) is 1.47. The normalized spacial score (nSPS) is 11.1. The van der Waals surface area contributed by atoms with Gasteiger partial charge in [-0.2, -0.15) is 0 Å². The van der Waals surface area contributed by atoms with Gasteiger partial charge in [-0.15, -0.1) is 0 Å². The Morgan fingerprint density at radius 2 is 1.79 bits per heavy atom. The lowest BCUT2D eigenvalue weighted by Crippen LogP contribution is -2.37. The van der Waals surface area contributed by atoms with Crippen molar-refractivity contribution in [1.82, 2.24) is 18.7 Å². The molecule has 2 aromatic rings. The third-order valence-electron chi connectivity index (χ3n) is 2.32. The molecule has 2 rings (SSSR count). The van der Waals surface area contributed by atoms with Crippen molar-refractivity contribution in [3.8, 4) is 0 Å². The second-order valence-corrected chi connectivity index (χ2v) is 3.23. The lowest BCUT2D eigenvalue weighted by atomic mass is 10.4. The third kappa shape index (κ3) is 0.876. The zero-order valence-electron chi connectivity index (χ0n) is 8.18. The molecule has 0 aliphatic rings. The molecule has 0 fully saturated rings. The smallest absolute Gasteiger partial charge is 0.328 e. The number of imidazole rings is 1. The van der Waals surface area contributed by atoms with Gasteiger partial charge in [-0.3, -0.25) is 13.9 Å². The van der Waals surface area contributed by atoms with E-state index in [1.807, 2.05) is 0 Å². The van der Waals surface area contributed by atoms with E-state index in [4.69, 9.17) is 0 Å². The van der Waals surface area contributed by atoms with Gasteiger partial charge in [-0.25, -0.2) is 9.78 Å². The van der Waals surface area contributed by atoms with Crippen molar-refractivity contribution >= 4 is 11.2 Å². The predicted molar refractivity (Wildman–Crippen MR) is 51.2 cm³/mol. The number of hydrogen-bond donors (Lipinski definition) is 0. The number of fused-ring (bicyclic) bond motifs is 1. The summed E-state index contributed by atoms with van der Waals surface area (Å²) in [5, 5.41) is 0. The van der Waals surface area contributed by atoms with Crippen molar-refractivity contribution in [2.24, 2.45) is 21.1 Å². The van der Waals surface area contributed by atoms with E-state index in [2.05, 4.69) is 4.98 Å². The Kier molecular flexibility index (Phi) is 1.60. The molecule has 0 radical (unpaired) electrons. The van der Waals surface area contributed by atoms with Crippen LogP contribution in [0.5, 0.6) is 0 Å². The van der Waals surface area contributed by atoms with Crippen LogP contribution in [0.4, 0.5) is 0 Å². The Morgan fingerprint density at radius 3 is 2.43 bits per heavy atom. The minimum Gasteiger partial charge on any atom is -0.328 e. The van der Waals surface area contributed by atoms with Crippen molar-refractivity contribution in [3.05, 3.63) is 27.2 Å². The first-order chi connectivity index (χ1) is 6.54. The molecule has 74 valence electrons. The van der Waals surface area contributed by atoms with Crippen LogP contribution in [0, 0.1) is 0 Å². The summed E-state index contributed by atoms with van der Waals surface area (Å²) in [4.78, 5) is 27.2. The van der Waals surface area contributed by atoms with E-state index in [0.29, 0.717) is 11.2 Å². The van der Waals surface area contributed by atoms with Crippen molar-refractivity contribution in [2.75, 3.05) is 0 Å². The van der Waals surface area contributed by atoms with Crippen LogP contribution in [-0.2, 0) is 21.1 Å². The zero-order valence-corrected chi connectivity index (χ0v) is 8.18. The van der Waals surface area contributed by atoms with Crippen molar-refractivity contribution in [2.45, 2.75) is 0 Å². The summed E-state index contributed by atoms with van der Waals surface area (Å²) < 4.78 is 4.04. The lowest BCUT2D eigenvalue weighted by Gasteiger charge is -2.02. The van der Waals surface area contributed by atoms with Crippen molar-refractivity contribution in [1.29, 1.82) is 0 Å². The van der Waals surface area contributed by atoms with Gasteiger partial charge in [0.25, 0.3) is 5.56 Å². The van der Waals surface area contributed by atoms with E-state index < -0.39 is 0 Å². The fraction of sp³-hybridized carbons (Fsp3) is 0.375. The summed E-state index contributed by atoms with van der Waals surface area (Å²) in [6.45, 7) is 0. The molecule has 14 heavy (non-hydrogen) atoms. The van der Waals surface area contributed by atoms with Gasteiger partial charge in [0.2, 0.25) is 0 Å². The SMILES string of the molecule is Cn1c(=O)c2c(ncn2[11CH3])n(C)c1=O. The van der Waals surface area contributed by atoms with Crippen LogP contribution in [0.25, 0.3) is 11.2 Å². The van der Waals surface area contributed by atoms with Crippen molar-refractivity contribution in [3.63, 3.8) is 0 Å². The van der Waals surface area contributed by atoms with Gasteiger partial charge in [0.05, 0.1) is 6.33 Å². The molecule has 0 saturated carbocycles. The second-order valence-electron chi connectivity index (χ2n) is 3.23. The molecule has 0 amide bonds. The van der Waals surface area contributed by atoms with Crippen LogP contribution in [0.1, 0.15) is 0 Å². The Labute approximate surface area is 79.0 Å². The van der Waals surface area contributed by atoms with Gasteiger partial charge < -0.3 is 4.57 Å². The Bertz CT molecular complexity index is 617. The molecule has 0 atom stereocenters. The number of aromatic nitrogens is 4. The molecule has 0 spiro atoms. The number of rotatable bonds is 0. The molecule has 0 unspecified atom stereocenters. The highest BCUT2D eigenvalue weighted by Crippen LogP contribution is 2.01. The molecule has 0 aliphatic carbocycles. The van der Waals surface area contributed by atoms with E-state index in [-0.39, 0.29) is 11.2 Å². The summed E-state index contributed by atoms with van der Waals surface area (Å²) in [7, 11) is 4.77. The van der Waals surface area contributed by atoms with E-state index in [0.717, 1.165) is 4.57 Å². The molecule has 2 aromatic heterocycles. The Hall–Kier alpha value is -1.85. The van der Waals surface area contributed by atoms with Crippen LogP contribution in [0.2, 0.25) is 0 Å². The first-order valence-electron chi connectivity index (χ1n) is 4.11. The summed E-state index contributed by atoms with van der Waals surface area (Å²) in [6.07, 6.45) is 1.52. The highest BCUT2D eigenvalue weighted by atomic mass is 16.2. The molecule has 0 aromatic carbocycles. The highest BCUT2D eigenvalue weighted by molar-refractivity contribution is 5.69. The minimum absolute atomic E-state index is 0.317. The molecule has 0 aliphatic heterocycles. The summed E-state index contributed by atoms with van der Waals surface area (Å²) >= 11 is 0. The van der Waals surface area contributed by atoms with Crippen LogP contribution < -0.4 is 11.2 Å². The summed E-state index contributed by atoms with van der Waals surface area (Å²) in [5.41, 5.74) is 0.180. The molecule has 6 nitrogen and oxygen atoms in total. The molecular formula is C8H10N4O2. The molecular weight excluding hydrogens is 183 g/mol. The predicted octanol–water partition coefficient (Wildman–Crippen LogP) is -1.03. The molecule has 0 N–H and O–H groups in total. The van der Waals surface area contributed by atoms with E-state index in [1.54, 1.807) is 18.7 Å². The Morgan fingerprint density at radius 1 is 1.14 bits per heavy atom. The standard InChI is InChI=1S/C8H10N4O2/c1-10-4-9-6-5(10)7(13)12(3)8(14)11(6)2/h4H,1-3H3/i1-1. The van der Waals surface area contributed by atoms with Gasteiger partial charge in [0.15, 0.2) is 11.2 Å². The third-order valence-corrected chi connectivity index (χ3v) is 2.32. The van der Waals surface area contributed by atoms with Gasteiger partial charge in [0, 0.05) is 21.1 Å². The van der Waals surface area contributed by atoms with Gasteiger partial charge in [-0.1, -0.05) is 0 Å². The average molecular weight is 193 g/mol. The summed E-state index contributed by atoms with van der Waals surface area (Å²) in [5.74, 6) is 0. The first kappa shape index (κ1) is 8.74. The van der Waals surface area contributed by atoms with Crippen LogP contribution in [0.15, 0.2) is 15.9 Å². The summed E-state index contributed by atoms with van der Waals surface area (Å²) in [6, 6.07) is 0. The van der Waals surface area contributed by atoms with Crippen molar-refractivity contribution < 1.29 is 0 Å². The number of nitrogens with zero attached hydrogens (tertiary/aromatic N) is 4. The van der Waals surface area contributed by atoms with E-state index in [9.17, 15) is 9.59 Å². The monoisotopic (exact) mass is 193 g/mol. The van der Waals surface area contributed by atoms with Gasteiger partial charge in [-0.05, 0) is 0 Å². The quantitative estimate of drug-likeness (QED) is 0.537. The lowest BCUT2D eigenvalue weighted by molar-refractivity contribution is 0.705. The van der Waals surface area contributed by atoms with Gasteiger partial charge in [0.1, 0.15) is 0 Å². The van der Waals surface area contributed by atoms with Gasteiger partial charge >= 0.3 is 5.69 Å². The maximum Gasteiger partial charge on any atom is 0.332 e. The zero-order chi connectivity index (χ0) is 10.5. The Balaban J connectivity index is 3.22. The van der Waals surface area contributed by atoms with Crippen LogP contribution in [-0.4, -0.2) is 18.7 Å². The molecule has 6 heteroatoms. The molecule has 0 bridgehead atoms. The van der Waals surface area contributed by atoms with E-state index in [1.165, 1.54) is 17.9 Å². The maximum absolute atomic E-state index is 11.7. The highest BCUT2D eigenvalue weighted by Gasteiger charge is 2.11. The first-order valence-corrected chi connectivity index (χ1v) is 4.11. The second kappa shape index (κ2) is 2.57. The average Bonchev–Trinajstić information content (AvgIpc) is 2.54. The minimum atomic E-state index is -0.360. The van der Waals surface area contributed by atoms with E-state index >= 15 is 0 Å². The molecule has 0 saturated heterocycles. The topological polar surface area (TPSA) is 61.8 Å².